The van der Waals surface area contributed by atoms with Crippen LogP contribution in [0.3, 0.4) is 0 Å². The number of rotatable bonds is 8. The van der Waals surface area contributed by atoms with E-state index in [9.17, 15) is 4.79 Å². The standard InChI is InChI=1S/C13H21N3O2/c1-3-14-12-8-5-7-11(16-12)13(17)15-9-6-10-18-4-2/h5,7-8H,3-4,6,9-10H2,1-2H3,(H,14,16)(H,15,17). The molecule has 0 radical (unpaired) electrons. The molecule has 1 heterocycles. The van der Waals surface area contributed by atoms with E-state index in [1.54, 1.807) is 6.07 Å². The molecule has 18 heavy (non-hydrogen) atoms. The Labute approximate surface area is 108 Å². The maximum atomic E-state index is 11.8. The number of pyridine rings is 1. The third-order valence-electron chi connectivity index (χ3n) is 2.29. The summed E-state index contributed by atoms with van der Waals surface area (Å²) in [6, 6.07) is 5.37. The molecule has 0 saturated carbocycles. The van der Waals surface area contributed by atoms with Crippen LogP contribution in [-0.2, 0) is 4.74 Å². The molecular formula is C13H21N3O2. The lowest BCUT2D eigenvalue weighted by Gasteiger charge is -2.07. The average Bonchev–Trinajstić information content (AvgIpc) is 2.39. The lowest BCUT2D eigenvalue weighted by molar-refractivity contribution is 0.0939. The number of carbonyl (C=O) groups excluding carboxylic acids is 1. The van der Waals surface area contributed by atoms with Gasteiger partial charge in [0.25, 0.3) is 5.91 Å². The topological polar surface area (TPSA) is 63.2 Å². The van der Waals surface area contributed by atoms with Crippen LogP contribution in [0.25, 0.3) is 0 Å². The number of nitrogens with zero attached hydrogens (tertiary/aromatic N) is 1. The van der Waals surface area contributed by atoms with E-state index in [2.05, 4.69) is 15.6 Å². The van der Waals surface area contributed by atoms with E-state index in [-0.39, 0.29) is 5.91 Å². The summed E-state index contributed by atoms with van der Waals surface area (Å²) in [4.78, 5) is 16.0. The van der Waals surface area contributed by atoms with Crippen molar-refractivity contribution in [3.63, 3.8) is 0 Å². The molecule has 0 spiro atoms. The first-order valence-corrected chi connectivity index (χ1v) is 6.34. The first-order valence-electron chi connectivity index (χ1n) is 6.34. The van der Waals surface area contributed by atoms with Gasteiger partial charge < -0.3 is 15.4 Å². The Kier molecular flexibility index (Phi) is 6.79. The van der Waals surface area contributed by atoms with Crippen LogP contribution in [0, 0.1) is 0 Å². The molecule has 100 valence electrons. The van der Waals surface area contributed by atoms with Gasteiger partial charge in [-0.3, -0.25) is 4.79 Å². The molecule has 0 atom stereocenters. The monoisotopic (exact) mass is 251 g/mol. The molecule has 5 nitrogen and oxygen atoms in total. The van der Waals surface area contributed by atoms with Gasteiger partial charge in [0.05, 0.1) is 0 Å². The SMILES string of the molecule is CCNc1cccc(C(=O)NCCCOCC)n1. The van der Waals surface area contributed by atoms with Crippen molar-refractivity contribution in [2.24, 2.45) is 0 Å². The zero-order valence-corrected chi connectivity index (χ0v) is 11.0. The van der Waals surface area contributed by atoms with Crippen LogP contribution in [0.4, 0.5) is 5.82 Å². The summed E-state index contributed by atoms with van der Waals surface area (Å²) >= 11 is 0. The highest BCUT2D eigenvalue weighted by Gasteiger charge is 2.06. The third kappa shape index (κ3) is 5.14. The molecule has 0 saturated heterocycles. The Bertz CT molecular complexity index is 369. The molecule has 1 rings (SSSR count). The zero-order chi connectivity index (χ0) is 13.2. The van der Waals surface area contributed by atoms with E-state index < -0.39 is 0 Å². The Morgan fingerprint density at radius 2 is 2.22 bits per heavy atom. The third-order valence-corrected chi connectivity index (χ3v) is 2.29. The predicted molar refractivity (Wildman–Crippen MR) is 71.8 cm³/mol. The van der Waals surface area contributed by atoms with Crippen LogP contribution in [-0.4, -0.2) is 37.2 Å². The van der Waals surface area contributed by atoms with E-state index in [0.29, 0.717) is 25.5 Å². The highest BCUT2D eigenvalue weighted by molar-refractivity contribution is 5.92. The molecule has 1 aromatic rings. The van der Waals surface area contributed by atoms with Crippen LogP contribution >= 0.6 is 0 Å². The molecule has 0 aliphatic heterocycles. The van der Waals surface area contributed by atoms with E-state index in [1.165, 1.54) is 0 Å². The molecular weight excluding hydrogens is 230 g/mol. The number of amides is 1. The molecule has 1 amide bonds. The van der Waals surface area contributed by atoms with Crippen molar-refractivity contribution in [3.8, 4) is 0 Å². The van der Waals surface area contributed by atoms with Crippen molar-refractivity contribution in [1.29, 1.82) is 0 Å². The Hall–Kier alpha value is -1.62. The van der Waals surface area contributed by atoms with Gasteiger partial charge in [0.1, 0.15) is 11.5 Å². The molecule has 0 bridgehead atoms. The molecule has 1 aromatic heterocycles. The number of nitrogens with one attached hydrogen (secondary N) is 2. The fourth-order valence-corrected chi connectivity index (χ4v) is 1.45. The highest BCUT2D eigenvalue weighted by atomic mass is 16.5. The van der Waals surface area contributed by atoms with Crippen molar-refractivity contribution < 1.29 is 9.53 Å². The van der Waals surface area contributed by atoms with Gasteiger partial charge in [-0.15, -0.1) is 0 Å². The van der Waals surface area contributed by atoms with Gasteiger partial charge in [-0.05, 0) is 32.4 Å². The second kappa shape index (κ2) is 8.47. The van der Waals surface area contributed by atoms with Gasteiger partial charge >= 0.3 is 0 Å². The van der Waals surface area contributed by atoms with Gasteiger partial charge in [0.2, 0.25) is 0 Å². The Morgan fingerprint density at radius 3 is 2.94 bits per heavy atom. The van der Waals surface area contributed by atoms with Gasteiger partial charge in [-0.2, -0.15) is 0 Å². The number of hydrogen-bond donors (Lipinski definition) is 2. The van der Waals surface area contributed by atoms with E-state index in [4.69, 9.17) is 4.74 Å². The summed E-state index contributed by atoms with van der Waals surface area (Å²) in [7, 11) is 0. The second-order valence-corrected chi connectivity index (χ2v) is 3.74. The summed E-state index contributed by atoms with van der Waals surface area (Å²) in [6.45, 7) is 6.71. The van der Waals surface area contributed by atoms with Crippen LogP contribution in [0.15, 0.2) is 18.2 Å². The first-order chi connectivity index (χ1) is 8.77. The minimum Gasteiger partial charge on any atom is -0.382 e. The number of hydrogen-bond acceptors (Lipinski definition) is 4. The van der Waals surface area contributed by atoms with Crippen LogP contribution in [0.5, 0.6) is 0 Å². The van der Waals surface area contributed by atoms with Crippen LogP contribution < -0.4 is 10.6 Å². The molecule has 5 heteroatoms. The van der Waals surface area contributed by atoms with Crippen molar-refractivity contribution >= 4 is 11.7 Å². The molecule has 2 N–H and O–H groups in total. The van der Waals surface area contributed by atoms with E-state index in [1.807, 2.05) is 26.0 Å². The minimum atomic E-state index is -0.147. The maximum Gasteiger partial charge on any atom is 0.269 e. The molecule has 0 aliphatic rings. The van der Waals surface area contributed by atoms with Crippen molar-refractivity contribution in [2.75, 3.05) is 31.6 Å². The predicted octanol–water partition coefficient (Wildman–Crippen LogP) is 1.67. The molecule has 0 fully saturated rings. The molecule has 0 aliphatic carbocycles. The van der Waals surface area contributed by atoms with Gasteiger partial charge in [0, 0.05) is 26.3 Å². The number of aromatic nitrogens is 1. The van der Waals surface area contributed by atoms with E-state index >= 15 is 0 Å². The lowest BCUT2D eigenvalue weighted by atomic mass is 10.3. The van der Waals surface area contributed by atoms with Crippen molar-refractivity contribution in [3.05, 3.63) is 23.9 Å². The summed E-state index contributed by atoms with van der Waals surface area (Å²) in [5, 5.41) is 5.89. The fraction of sp³-hybridized carbons (Fsp3) is 0.538. The van der Waals surface area contributed by atoms with Crippen molar-refractivity contribution in [2.45, 2.75) is 20.3 Å². The summed E-state index contributed by atoms with van der Waals surface area (Å²) < 4.78 is 5.20. The summed E-state index contributed by atoms with van der Waals surface area (Å²) in [5.41, 5.74) is 0.435. The fourth-order valence-electron chi connectivity index (χ4n) is 1.45. The van der Waals surface area contributed by atoms with Crippen molar-refractivity contribution in [1.82, 2.24) is 10.3 Å². The minimum absolute atomic E-state index is 0.147. The first kappa shape index (κ1) is 14.4. The highest BCUT2D eigenvalue weighted by Crippen LogP contribution is 2.04. The second-order valence-electron chi connectivity index (χ2n) is 3.74. The largest absolute Gasteiger partial charge is 0.382 e. The number of carbonyl (C=O) groups is 1. The van der Waals surface area contributed by atoms with Crippen LogP contribution in [0.1, 0.15) is 30.8 Å². The van der Waals surface area contributed by atoms with Gasteiger partial charge in [-0.1, -0.05) is 6.07 Å². The van der Waals surface area contributed by atoms with Crippen LogP contribution in [0.2, 0.25) is 0 Å². The average molecular weight is 251 g/mol. The summed E-state index contributed by atoms with van der Waals surface area (Å²) in [5.74, 6) is 0.575. The maximum absolute atomic E-state index is 11.8. The Balaban J connectivity index is 2.38. The normalized spacial score (nSPS) is 10.1. The molecule has 0 aromatic carbocycles. The smallest absolute Gasteiger partial charge is 0.269 e. The quantitative estimate of drug-likeness (QED) is 0.690. The number of anilines is 1. The van der Waals surface area contributed by atoms with Gasteiger partial charge in [0.15, 0.2) is 0 Å². The van der Waals surface area contributed by atoms with E-state index in [0.717, 1.165) is 18.8 Å². The number of ether oxygens (including phenoxy) is 1. The van der Waals surface area contributed by atoms with Gasteiger partial charge in [-0.25, -0.2) is 4.98 Å². The lowest BCUT2D eigenvalue weighted by Crippen LogP contribution is -2.26. The Morgan fingerprint density at radius 1 is 1.39 bits per heavy atom. The summed E-state index contributed by atoms with van der Waals surface area (Å²) in [6.07, 6.45) is 0.812. The zero-order valence-electron chi connectivity index (χ0n) is 11.0. The molecule has 0 unspecified atom stereocenters.